The van der Waals surface area contributed by atoms with Crippen molar-refractivity contribution in [2.45, 2.75) is 12.5 Å². The van der Waals surface area contributed by atoms with Crippen LogP contribution in [0.4, 0.5) is 5.69 Å². The third kappa shape index (κ3) is 1.77. The van der Waals surface area contributed by atoms with Gasteiger partial charge in [0.25, 0.3) is 0 Å². The van der Waals surface area contributed by atoms with Gasteiger partial charge in [0.2, 0.25) is 5.91 Å². The van der Waals surface area contributed by atoms with Crippen LogP contribution in [-0.2, 0) is 11.2 Å². The molecule has 4 heteroatoms. The number of carbonyl (C=O) groups is 1. The van der Waals surface area contributed by atoms with Gasteiger partial charge in [-0.15, -0.1) is 0 Å². The Kier molecular flexibility index (Phi) is 2.63. The smallest absolute Gasteiger partial charge is 0.228 e. The van der Waals surface area contributed by atoms with Gasteiger partial charge >= 0.3 is 0 Å². The molecule has 0 aliphatic carbocycles. The van der Waals surface area contributed by atoms with Crippen LogP contribution >= 0.6 is 0 Å². The van der Waals surface area contributed by atoms with Crippen LogP contribution in [0.15, 0.2) is 18.2 Å². The third-order valence-corrected chi connectivity index (χ3v) is 2.71. The lowest BCUT2D eigenvalue weighted by Crippen LogP contribution is -2.18. The zero-order valence-corrected chi connectivity index (χ0v) is 9.32. The second kappa shape index (κ2) is 3.95. The van der Waals surface area contributed by atoms with Gasteiger partial charge in [-0.2, -0.15) is 5.26 Å². The monoisotopic (exact) mass is 215 g/mol. The SMILES string of the molecule is CN(C)C(C#N)c1ccc2c(c1)CC(=O)N2. The summed E-state index contributed by atoms with van der Waals surface area (Å²) in [6.45, 7) is 0. The summed E-state index contributed by atoms with van der Waals surface area (Å²) in [6.07, 6.45) is 0.411. The van der Waals surface area contributed by atoms with Gasteiger partial charge in [0, 0.05) is 5.69 Å². The molecule has 0 bridgehead atoms. The molecule has 0 saturated heterocycles. The fourth-order valence-electron chi connectivity index (χ4n) is 1.91. The molecular weight excluding hydrogens is 202 g/mol. The number of benzene rings is 1. The van der Waals surface area contributed by atoms with E-state index in [1.54, 1.807) is 0 Å². The number of anilines is 1. The first-order valence-corrected chi connectivity index (χ1v) is 5.10. The topological polar surface area (TPSA) is 56.1 Å². The highest BCUT2D eigenvalue weighted by atomic mass is 16.1. The molecule has 1 aromatic rings. The van der Waals surface area contributed by atoms with E-state index in [4.69, 9.17) is 5.26 Å². The van der Waals surface area contributed by atoms with Gasteiger partial charge in [-0.3, -0.25) is 9.69 Å². The Hall–Kier alpha value is -1.86. The number of carbonyl (C=O) groups excluding carboxylic acids is 1. The Morgan fingerprint density at radius 3 is 2.88 bits per heavy atom. The molecule has 0 saturated carbocycles. The molecule has 1 aliphatic rings. The lowest BCUT2D eigenvalue weighted by molar-refractivity contribution is -0.115. The number of rotatable bonds is 2. The number of hydrogen-bond donors (Lipinski definition) is 1. The van der Waals surface area contributed by atoms with Crippen molar-refractivity contribution in [2.24, 2.45) is 0 Å². The quantitative estimate of drug-likeness (QED) is 0.809. The van der Waals surface area contributed by atoms with Crippen LogP contribution in [0.2, 0.25) is 0 Å². The molecule has 0 spiro atoms. The van der Waals surface area contributed by atoms with Crippen LogP contribution < -0.4 is 5.32 Å². The fourth-order valence-corrected chi connectivity index (χ4v) is 1.91. The van der Waals surface area contributed by atoms with Crippen molar-refractivity contribution in [1.82, 2.24) is 4.90 Å². The maximum absolute atomic E-state index is 11.2. The van der Waals surface area contributed by atoms with Crippen LogP contribution in [0.1, 0.15) is 17.2 Å². The minimum absolute atomic E-state index is 0.0190. The zero-order chi connectivity index (χ0) is 11.7. The van der Waals surface area contributed by atoms with Crippen molar-refractivity contribution < 1.29 is 4.79 Å². The minimum atomic E-state index is -0.263. The molecule has 82 valence electrons. The van der Waals surface area contributed by atoms with Crippen molar-refractivity contribution in [3.8, 4) is 6.07 Å². The average Bonchev–Trinajstić information content (AvgIpc) is 2.57. The van der Waals surface area contributed by atoms with Crippen molar-refractivity contribution in [1.29, 1.82) is 5.26 Å². The molecule has 1 heterocycles. The third-order valence-electron chi connectivity index (χ3n) is 2.71. The van der Waals surface area contributed by atoms with Crippen LogP contribution in [0, 0.1) is 11.3 Å². The summed E-state index contributed by atoms with van der Waals surface area (Å²) in [4.78, 5) is 13.1. The van der Waals surface area contributed by atoms with Crippen molar-refractivity contribution in [3.63, 3.8) is 0 Å². The number of nitrogens with zero attached hydrogens (tertiary/aromatic N) is 2. The molecule has 0 fully saturated rings. The molecule has 1 amide bonds. The first-order chi connectivity index (χ1) is 7.61. The Morgan fingerprint density at radius 1 is 1.50 bits per heavy atom. The zero-order valence-electron chi connectivity index (χ0n) is 9.32. The van der Waals surface area contributed by atoms with E-state index in [1.807, 2.05) is 37.2 Å². The average molecular weight is 215 g/mol. The maximum atomic E-state index is 11.2. The summed E-state index contributed by atoms with van der Waals surface area (Å²) >= 11 is 0. The molecule has 1 N–H and O–H groups in total. The van der Waals surface area contributed by atoms with Crippen molar-refractivity contribution in [3.05, 3.63) is 29.3 Å². The Labute approximate surface area is 94.5 Å². The highest BCUT2D eigenvalue weighted by Crippen LogP contribution is 2.27. The summed E-state index contributed by atoms with van der Waals surface area (Å²) in [5, 5.41) is 11.9. The summed E-state index contributed by atoms with van der Waals surface area (Å²) in [5.74, 6) is 0.0190. The summed E-state index contributed by atoms with van der Waals surface area (Å²) < 4.78 is 0. The van der Waals surface area contributed by atoms with Gasteiger partial charge in [-0.1, -0.05) is 12.1 Å². The van der Waals surface area contributed by atoms with Crippen molar-refractivity contribution in [2.75, 3.05) is 19.4 Å². The normalized spacial score (nSPS) is 15.5. The first kappa shape index (κ1) is 10.7. The van der Waals surface area contributed by atoms with E-state index >= 15 is 0 Å². The molecule has 4 nitrogen and oxygen atoms in total. The summed E-state index contributed by atoms with van der Waals surface area (Å²) in [5.41, 5.74) is 2.77. The van der Waals surface area contributed by atoms with Gasteiger partial charge in [-0.05, 0) is 31.3 Å². The lowest BCUT2D eigenvalue weighted by Gasteiger charge is -2.17. The van der Waals surface area contributed by atoms with Crippen LogP contribution in [0.25, 0.3) is 0 Å². The summed E-state index contributed by atoms with van der Waals surface area (Å²) in [6, 6.07) is 7.66. The number of nitriles is 1. The molecule has 0 aromatic heterocycles. The Morgan fingerprint density at radius 2 is 2.25 bits per heavy atom. The van der Waals surface area contributed by atoms with E-state index in [9.17, 15) is 4.79 Å². The molecule has 2 rings (SSSR count). The predicted molar refractivity (Wildman–Crippen MR) is 60.8 cm³/mol. The second-order valence-electron chi connectivity index (χ2n) is 4.14. The maximum Gasteiger partial charge on any atom is 0.228 e. The molecular formula is C12H13N3O. The van der Waals surface area contributed by atoms with Crippen LogP contribution in [0.3, 0.4) is 0 Å². The van der Waals surface area contributed by atoms with Gasteiger partial charge in [0.15, 0.2) is 0 Å². The first-order valence-electron chi connectivity index (χ1n) is 5.10. The van der Waals surface area contributed by atoms with E-state index in [2.05, 4.69) is 11.4 Å². The molecule has 16 heavy (non-hydrogen) atoms. The lowest BCUT2D eigenvalue weighted by atomic mass is 10.0. The minimum Gasteiger partial charge on any atom is -0.326 e. The van der Waals surface area contributed by atoms with Gasteiger partial charge in [0.1, 0.15) is 6.04 Å². The number of amides is 1. The Balaban J connectivity index is 2.36. The van der Waals surface area contributed by atoms with E-state index in [0.717, 1.165) is 16.8 Å². The number of nitrogens with one attached hydrogen (secondary N) is 1. The Bertz CT molecular complexity index is 474. The largest absolute Gasteiger partial charge is 0.326 e. The molecule has 1 atom stereocenters. The predicted octanol–water partition coefficient (Wildman–Crippen LogP) is 1.31. The number of hydrogen-bond acceptors (Lipinski definition) is 3. The van der Waals surface area contributed by atoms with Crippen molar-refractivity contribution >= 4 is 11.6 Å². The van der Waals surface area contributed by atoms with Gasteiger partial charge < -0.3 is 5.32 Å². The molecule has 1 aromatic carbocycles. The van der Waals surface area contributed by atoms with E-state index < -0.39 is 0 Å². The summed E-state index contributed by atoms with van der Waals surface area (Å²) in [7, 11) is 3.73. The standard InChI is InChI=1S/C12H13N3O/c1-15(2)11(7-13)8-3-4-10-9(5-8)6-12(16)14-10/h3-5,11H,6H2,1-2H3,(H,14,16). The van der Waals surface area contributed by atoms with Crippen LogP contribution in [0.5, 0.6) is 0 Å². The van der Waals surface area contributed by atoms with Gasteiger partial charge in [0.05, 0.1) is 12.5 Å². The van der Waals surface area contributed by atoms with Crippen LogP contribution in [-0.4, -0.2) is 24.9 Å². The second-order valence-corrected chi connectivity index (χ2v) is 4.14. The molecule has 1 aliphatic heterocycles. The molecule has 1 unspecified atom stereocenters. The van der Waals surface area contributed by atoms with E-state index in [0.29, 0.717) is 6.42 Å². The van der Waals surface area contributed by atoms with Gasteiger partial charge in [-0.25, -0.2) is 0 Å². The number of fused-ring (bicyclic) bond motifs is 1. The van der Waals surface area contributed by atoms with E-state index in [1.165, 1.54) is 0 Å². The van der Waals surface area contributed by atoms with E-state index in [-0.39, 0.29) is 11.9 Å². The molecule has 0 radical (unpaired) electrons. The highest BCUT2D eigenvalue weighted by Gasteiger charge is 2.20. The highest BCUT2D eigenvalue weighted by molar-refractivity contribution is 5.99. The fraction of sp³-hybridized carbons (Fsp3) is 0.333.